The quantitative estimate of drug-likeness (QED) is 0.723. The summed E-state index contributed by atoms with van der Waals surface area (Å²) in [5, 5.41) is 8.72. The number of ether oxygens (including phenoxy) is 1. The summed E-state index contributed by atoms with van der Waals surface area (Å²) in [5.41, 5.74) is 0. The molecular weight excluding hydrogens is 170 g/mol. The SMILES string of the molecule is CC(C)OC(=O)N(CCO)C(C)C. The van der Waals surface area contributed by atoms with E-state index in [9.17, 15) is 4.79 Å². The third-order valence-corrected chi connectivity index (χ3v) is 1.54. The number of carbonyl (C=O) groups is 1. The number of nitrogens with zero attached hydrogens (tertiary/aromatic N) is 1. The van der Waals surface area contributed by atoms with Gasteiger partial charge in [-0.2, -0.15) is 0 Å². The molecule has 1 amide bonds. The molecule has 13 heavy (non-hydrogen) atoms. The van der Waals surface area contributed by atoms with E-state index in [2.05, 4.69) is 0 Å². The minimum atomic E-state index is -0.362. The molecule has 0 spiro atoms. The molecule has 0 heterocycles. The third kappa shape index (κ3) is 4.72. The first kappa shape index (κ1) is 12.2. The van der Waals surface area contributed by atoms with E-state index < -0.39 is 0 Å². The standard InChI is InChI=1S/C9H19NO3/c1-7(2)10(5-6-11)9(12)13-8(3)4/h7-8,11H,5-6H2,1-4H3. The molecule has 0 fully saturated rings. The molecule has 0 aliphatic carbocycles. The van der Waals surface area contributed by atoms with Gasteiger partial charge in [0, 0.05) is 12.6 Å². The number of aliphatic hydroxyl groups is 1. The van der Waals surface area contributed by atoms with Crippen LogP contribution in [0.15, 0.2) is 0 Å². The molecule has 1 N–H and O–H groups in total. The van der Waals surface area contributed by atoms with E-state index >= 15 is 0 Å². The van der Waals surface area contributed by atoms with E-state index in [1.54, 1.807) is 13.8 Å². The molecule has 0 atom stereocenters. The number of hydrogen-bond acceptors (Lipinski definition) is 3. The molecule has 0 saturated carbocycles. The maximum absolute atomic E-state index is 11.4. The Morgan fingerprint density at radius 1 is 1.38 bits per heavy atom. The Bertz CT molecular complexity index is 157. The fraction of sp³-hybridized carbons (Fsp3) is 0.889. The number of aliphatic hydroxyl groups excluding tert-OH is 1. The molecule has 0 aromatic carbocycles. The van der Waals surface area contributed by atoms with Gasteiger partial charge in [-0.05, 0) is 27.7 Å². The minimum Gasteiger partial charge on any atom is -0.447 e. The largest absolute Gasteiger partial charge is 0.447 e. The van der Waals surface area contributed by atoms with Gasteiger partial charge < -0.3 is 14.7 Å². The van der Waals surface area contributed by atoms with E-state index in [1.165, 1.54) is 4.90 Å². The molecule has 0 rings (SSSR count). The lowest BCUT2D eigenvalue weighted by Crippen LogP contribution is -2.40. The average Bonchev–Trinajstić information content (AvgIpc) is 1.97. The second-order valence-electron chi connectivity index (χ2n) is 3.44. The van der Waals surface area contributed by atoms with Gasteiger partial charge in [-0.1, -0.05) is 0 Å². The summed E-state index contributed by atoms with van der Waals surface area (Å²) in [5.74, 6) is 0. The van der Waals surface area contributed by atoms with Gasteiger partial charge in [0.25, 0.3) is 0 Å². The predicted molar refractivity (Wildman–Crippen MR) is 50.5 cm³/mol. The van der Waals surface area contributed by atoms with Crippen molar-refractivity contribution in [1.29, 1.82) is 0 Å². The van der Waals surface area contributed by atoms with Gasteiger partial charge in [0.15, 0.2) is 0 Å². The Kier molecular flexibility index (Phi) is 5.46. The van der Waals surface area contributed by atoms with E-state index in [-0.39, 0.29) is 24.8 Å². The monoisotopic (exact) mass is 189 g/mol. The minimum absolute atomic E-state index is 0.0363. The van der Waals surface area contributed by atoms with Gasteiger partial charge in [-0.25, -0.2) is 4.79 Å². The summed E-state index contributed by atoms with van der Waals surface area (Å²) < 4.78 is 5.00. The smallest absolute Gasteiger partial charge is 0.410 e. The summed E-state index contributed by atoms with van der Waals surface area (Å²) in [6, 6.07) is 0.0541. The Morgan fingerprint density at radius 2 is 1.92 bits per heavy atom. The van der Waals surface area contributed by atoms with Crippen LogP contribution in [-0.4, -0.2) is 41.4 Å². The van der Waals surface area contributed by atoms with Crippen molar-refractivity contribution in [2.24, 2.45) is 0 Å². The lowest BCUT2D eigenvalue weighted by atomic mass is 10.3. The van der Waals surface area contributed by atoms with Crippen LogP contribution in [0.3, 0.4) is 0 Å². The summed E-state index contributed by atoms with van der Waals surface area (Å²) in [6.07, 6.45) is -0.480. The third-order valence-electron chi connectivity index (χ3n) is 1.54. The Hall–Kier alpha value is -0.770. The Labute approximate surface area is 79.5 Å². The van der Waals surface area contributed by atoms with Gasteiger partial charge in [-0.15, -0.1) is 0 Å². The van der Waals surface area contributed by atoms with Crippen molar-refractivity contribution >= 4 is 6.09 Å². The molecule has 0 aliphatic rings. The first-order chi connectivity index (χ1) is 5.99. The molecule has 0 aromatic heterocycles. The predicted octanol–water partition coefficient (Wildman–Crippen LogP) is 1.23. The lowest BCUT2D eigenvalue weighted by molar-refractivity contribution is 0.0613. The van der Waals surface area contributed by atoms with Crippen LogP contribution >= 0.6 is 0 Å². The van der Waals surface area contributed by atoms with Crippen LogP contribution in [0, 0.1) is 0 Å². The van der Waals surface area contributed by atoms with E-state index in [4.69, 9.17) is 9.84 Å². The van der Waals surface area contributed by atoms with Crippen molar-refractivity contribution in [1.82, 2.24) is 4.90 Å². The van der Waals surface area contributed by atoms with Crippen molar-refractivity contribution in [2.75, 3.05) is 13.2 Å². The Morgan fingerprint density at radius 3 is 2.23 bits per heavy atom. The highest BCUT2D eigenvalue weighted by Gasteiger charge is 2.18. The van der Waals surface area contributed by atoms with E-state index in [0.29, 0.717) is 6.54 Å². The van der Waals surface area contributed by atoms with Crippen molar-refractivity contribution in [3.63, 3.8) is 0 Å². The van der Waals surface area contributed by atoms with Crippen LogP contribution in [0.4, 0.5) is 4.79 Å². The number of carbonyl (C=O) groups excluding carboxylic acids is 1. The fourth-order valence-electron chi connectivity index (χ4n) is 0.937. The highest BCUT2D eigenvalue weighted by molar-refractivity contribution is 5.68. The van der Waals surface area contributed by atoms with Crippen LogP contribution in [0.5, 0.6) is 0 Å². The topological polar surface area (TPSA) is 49.8 Å². The molecule has 78 valence electrons. The fourth-order valence-corrected chi connectivity index (χ4v) is 0.937. The van der Waals surface area contributed by atoms with Crippen molar-refractivity contribution in [3.8, 4) is 0 Å². The molecule has 4 nitrogen and oxygen atoms in total. The molecule has 0 bridgehead atoms. The molecule has 0 saturated heterocycles. The summed E-state index contributed by atoms with van der Waals surface area (Å²) in [6.45, 7) is 7.66. The van der Waals surface area contributed by atoms with Crippen molar-refractivity contribution in [2.45, 2.75) is 39.8 Å². The average molecular weight is 189 g/mol. The second-order valence-corrected chi connectivity index (χ2v) is 3.44. The van der Waals surface area contributed by atoms with Gasteiger partial charge in [-0.3, -0.25) is 0 Å². The zero-order valence-electron chi connectivity index (χ0n) is 8.78. The maximum atomic E-state index is 11.4. The summed E-state index contributed by atoms with van der Waals surface area (Å²) >= 11 is 0. The van der Waals surface area contributed by atoms with Crippen molar-refractivity contribution < 1.29 is 14.6 Å². The molecular formula is C9H19NO3. The Balaban J connectivity index is 4.11. The van der Waals surface area contributed by atoms with Crippen LogP contribution < -0.4 is 0 Å². The lowest BCUT2D eigenvalue weighted by Gasteiger charge is -2.25. The van der Waals surface area contributed by atoms with Gasteiger partial charge in [0.2, 0.25) is 0 Å². The summed E-state index contributed by atoms with van der Waals surface area (Å²) in [7, 11) is 0. The zero-order chi connectivity index (χ0) is 10.4. The van der Waals surface area contributed by atoms with E-state index in [1.807, 2.05) is 13.8 Å². The molecule has 0 aromatic rings. The second kappa shape index (κ2) is 5.80. The van der Waals surface area contributed by atoms with Crippen LogP contribution in [0.25, 0.3) is 0 Å². The first-order valence-electron chi connectivity index (χ1n) is 4.57. The zero-order valence-corrected chi connectivity index (χ0v) is 8.78. The van der Waals surface area contributed by atoms with Gasteiger partial charge >= 0.3 is 6.09 Å². The number of rotatable bonds is 4. The maximum Gasteiger partial charge on any atom is 0.410 e. The number of hydrogen-bond donors (Lipinski definition) is 1. The van der Waals surface area contributed by atoms with Crippen LogP contribution in [-0.2, 0) is 4.74 Å². The van der Waals surface area contributed by atoms with Crippen LogP contribution in [0.2, 0.25) is 0 Å². The highest BCUT2D eigenvalue weighted by atomic mass is 16.6. The summed E-state index contributed by atoms with van der Waals surface area (Å²) in [4.78, 5) is 12.9. The molecule has 0 radical (unpaired) electrons. The molecule has 4 heteroatoms. The van der Waals surface area contributed by atoms with E-state index in [0.717, 1.165) is 0 Å². The van der Waals surface area contributed by atoms with Crippen LogP contribution in [0.1, 0.15) is 27.7 Å². The van der Waals surface area contributed by atoms with Crippen molar-refractivity contribution in [3.05, 3.63) is 0 Å². The van der Waals surface area contributed by atoms with Gasteiger partial charge in [0.1, 0.15) is 0 Å². The number of amides is 1. The highest BCUT2D eigenvalue weighted by Crippen LogP contribution is 2.03. The first-order valence-corrected chi connectivity index (χ1v) is 4.57. The molecule has 0 unspecified atom stereocenters. The van der Waals surface area contributed by atoms with Gasteiger partial charge in [0.05, 0.1) is 12.7 Å². The normalized spacial score (nSPS) is 10.7. The molecule has 0 aliphatic heterocycles.